The van der Waals surface area contributed by atoms with E-state index in [4.69, 9.17) is 11.6 Å². The van der Waals surface area contributed by atoms with Crippen molar-refractivity contribution >= 4 is 23.4 Å². The molecule has 5 N–H and O–H groups in total. The number of hydrogen-bond donors (Lipinski definition) is 3. The van der Waals surface area contributed by atoms with Crippen LogP contribution in [0.1, 0.15) is 0 Å². The quantitative estimate of drug-likeness (QED) is 0.168. The van der Waals surface area contributed by atoms with E-state index in [1.807, 2.05) is 5.32 Å². The molecule has 0 spiro atoms. The van der Waals surface area contributed by atoms with Gasteiger partial charge in [0.25, 0.3) is 5.91 Å². The zero-order chi connectivity index (χ0) is 9.30. The number of carbonyl (C=O) groups excluding carboxylic acids is 3. The lowest BCUT2D eigenvalue weighted by atomic mass is 10.1. The molecule has 7 nitrogen and oxygen atoms in total. The Hall–Kier alpha value is -1.92. The number of hydrogen-bond acceptors (Lipinski definition) is 5. The molecule has 1 heterocycles. The van der Waals surface area contributed by atoms with Gasteiger partial charge in [0.05, 0.1) is 0 Å². The summed E-state index contributed by atoms with van der Waals surface area (Å²) in [6.07, 6.45) is 0. The van der Waals surface area contributed by atoms with Crippen LogP contribution in [0.15, 0.2) is 5.10 Å². The highest BCUT2D eigenvalue weighted by Crippen LogP contribution is 2.06. The normalized spacial score (nSPS) is 26.0. The molecule has 3 amide bonds. The Morgan fingerprint density at radius 1 is 1.50 bits per heavy atom. The molecule has 1 saturated heterocycles. The van der Waals surface area contributed by atoms with Gasteiger partial charge in [-0.2, -0.15) is 5.10 Å². The maximum absolute atomic E-state index is 10.8. The number of carbonyl (C=O) groups is 3. The van der Waals surface area contributed by atoms with E-state index in [1.165, 1.54) is 0 Å². The fourth-order valence-electron chi connectivity index (χ4n) is 0.900. The van der Waals surface area contributed by atoms with Gasteiger partial charge in [-0.25, -0.2) is 0 Å². The van der Waals surface area contributed by atoms with Crippen molar-refractivity contribution in [3.63, 3.8) is 0 Å². The smallest absolute Gasteiger partial charge is 0.275 e. The van der Waals surface area contributed by atoms with Gasteiger partial charge in [-0.05, 0) is 0 Å². The number of imide groups is 1. The van der Waals surface area contributed by atoms with Crippen LogP contribution in [0, 0.1) is 5.92 Å². The number of primary amides is 1. The van der Waals surface area contributed by atoms with Gasteiger partial charge in [0.15, 0.2) is 5.92 Å². The molecule has 1 rings (SSSR count). The van der Waals surface area contributed by atoms with Gasteiger partial charge in [0.2, 0.25) is 11.8 Å². The minimum Gasteiger partial charge on any atom is -0.369 e. The summed E-state index contributed by atoms with van der Waals surface area (Å²) in [4.78, 5) is 32.2. The van der Waals surface area contributed by atoms with Gasteiger partial charge >= 0.3 is 0 Å². The lowest BCUT2D eigenvalue weighted by Gasteiger charge is -1.98. The average molecular weight is 170 g/mol. The van der Waals surface area contributed by atoms with Crippen molar-refractivity contribution in [1.29, 1.82) is 0 Å². The van der Waals surface area contributed by atoms with Crippen molar-refractivity contribution in [3.05, 3.63) is 0 Å². The predicted molar refractivity (Wildman–Crippen MR) is 37.5 cm³/mol. The van der Waals surface area contributed by atoms with Crippen LogP contribution in [-0.4, -0.2) is 23.4 Å². The van der Waals surface area contributed by atoms with Gasteiger partial charge < -0.3 is 11.6 Å². The Bertz CT molecular complexity index is 295. The number of amides is 3. The highest BCUT2D eigenvalue weighted by molar-refractivity contribution is 6.54. The first-order valence-electron chi connectivity index (χ1n) is 3.00. The molecule has 12 heavy (non-hydrogen) atoms. The van der Waals surface area contributed by atoms with Crippen LogP contribution in [0.25, 0.3) is 0 Å². The van der Waals surface area contributed by atoms with Crippen LogP contribution >= 0.6 is 0 Å². The molecule has 1 fully saturated rings. The third-order valence-corrected chi connectivity index (χ3v) is 1.43. The third kappa shape index (κ3) is 1.00. The predicted octanol–water partition coefficient (Wildman–Crippen LogP) is -2.94. The van der Waals surface area contributed by atoms with Crippen LogP contribution < -0.4 is 16.9 Å². The van der Waals surface area contributed by atoms with Gasteiger partial charge in [-0.15, -0.1) is 0 Å². The van der Waals surface area contributed by atoms with Crippen LogP contribution in [-0.2, 0) is 14.4 Å². The van der Waals surface area contributed by atoms with Crippen molar-refractivity contribution in [2.45, 2.75) is 0 Å². The fourth-order valence-corrected chi connectivity index (χ4v) is 0.900. The van der Waals surface area contributed by atoms with E-state index in [0.29, 0.717) is 0 Å². The summed E-state index contributed by atoms with van der Waals surface area (Å²) in [5.74, 6) is 0.942. The minimum absolute atomic E-state index is 0.340. The first kappa shape index (κ1) is 8.18. The summed E-state index contributed by atoms with van der Waals surface area (Å²) in [6, 6.07) is 0. The van der Waals surface area contributed by atoms with Crippen LogP contribution in [0.3, 0.4) is 0 Å². The molecule has 64 valence electrons. The molecule has 1 unspecified atom stereocenters. The fraction of sp³-hybridized carbons (Fsp3) is 0.200. The molecule has 0 aromatic rings. The van der Waals surface area contributed by atoms with E-state index in [1.54, 1.807) is 0 Å². The van der Waals surface area contributed by atoms with Crippen molar-refractivity contribution < 1.29 is 14.4 Å². The standard InChI is InChI=1S/C5H6N4O3/c6-3(10)1-2(9-7)5(12)8-4(1)11/h1H,7H2,(H2,6,10)(H,8,11,12)/b9-2+. The number of nitrogens with one attached hydrogen (secondary N) is 1. The van der Waals surface area contributed by atoms with E-state index in [9.17, 15) is 14.4 Å². The van der Waals surface area contributed by atoms with E-state index < -0.39 is 23.6 Å². The van der Waals surface area contributed by atoms with Gasteiger partial charge in [-0.1, -0.05) is 0 Å². The van der Waals surface area contributed by atoms with E-state index in [-0.39, 0.29) is 5.71 Å². The third-order valence-electron chi connectivity index (χ3n) is 1.43. The second-order valence-electron chi connectivity index (χ2n) is 2.17. The van der Waals surface area contributed by atoms with Gasteiger partial charge in [0, 0.05) is 0 Å². The maximum Gasteiger partial charge on any atom is 0.275 e. The zero-order valence-corrected chi connectivity index (χ0v) is 5.90. The topological polar surface area (TPSA) is 128 Å². The molecule has 1 aliphatic rings. The van der Waals surface area contributed by atoms with Crippen molar-refractivity contribution in [2.75, 3.05) is 0 Å². The number of rotatable bonds is 1. The molecule has 1 aliphatic heterocycles. The van der Waals surface area contributed by atoms with Crippen molar-refractivity contribution in [1.82, 2.24) is 5.32 Å². The van der Waals surface area contributed by atoms with E-state index in [2.05, 4.69) is 5.10 Å². The summed E-state index contributed by atoms with van der Waals surface area (Å²) < 4.78 is 0. The van der Waals surface area contributed by atoms with E-state index >= 15 is 0 Å². The molecular formula is C5H6N4O3. The summed E-state index contributed by atoms with van der Waals surface area (Å²) in [7, 11) is 0. The Balaban J connectivity index is 3.06. The van der Waals surface area contributed by atoms with Crippen LogP contribution in [0.4, 0.5) is 0 Å². The second-order valence-corrected chi connectivity index (χ2v) is 2.17. The Morgan fingerprint density at radius 3 is 2.42 bits per heavy atom. The summed E-state index contributed by atoms with van der Waals surface area (Å²) in [5, 5.41) is 4.86. The molecule has 0 saturated carbocycles. The summed E-state index contributed by atoms with van der Waals surface area (Å²) in [6.45, 7) is 0. The monoisotopic (exact) mass is 170 g/mol. The molecule has 0 aromatic carbocycles. The molecule has 0 bridgehead atoms. The van der Waals surface area contributed by atoms with Crippen molar-refractivity contribution in [2.24, 2.45) is 22.6 Å². The lowest BCUT2D eigenvalue weighted by molar-refractivity contribution is -0.130. The number of nitrogens with zero attached hydrogens (tertiary/aromatic N) is 1. The second kappa shape index (κ2) is 2.61. The first-order valence-corrected chi connectivity index (χ1v) is 3.00. The van der Waals surface area contributed by atoms with Gasteiger partial charge in [-0.3, -0.25) is 19.7 Å². The summed E-state index contributed by atoms with van der Waals surface area (Å²) in [5.41, 5.74) is 4.49. The highest BCUT2D eigenvalue weighted by Gasteiger charge is 2.42. The Kier molecular flexibility index (Phi) is 1.78. The maximum atomic E-state index is 10.8. The Labute approximate surface area is 66.8 Å². The molecule has 0 aliphatic carbocycles. The van der Waals surface area contributed by atoms with E-state index in [0.717, 1.165) is 0 Å². The largest absolute Gasteiger partial charge is 0.369 e. The van der Waals surface area contributed by atoms with Crippen LogP contribution in [0.2, 0.25) is 0 Å². The molecule has 0 radical (unpaired) electrons. The number of nitrogens with two attached hydrogens (primary N) is 2. The average Bonchev–Trinajstić information content (AvgIpc) is 2.24. The van der Waals surface area contributed by atoms with Crippen LogP contribution in [0.5, 0.6) is 0 Å². The summed E-state index contributed by atoms with van der Waals surface area (Å²) >= 11 is 0. The SMILES string of the molecule is N/N=C1/C(=O)NC(=O)C1C(N)=O. The highest BCUT2D eigenvalue weighted by atomic mass is 16.2. The molecular weight excluding hydrogens is 164 g/mol. The molecule has 1 atom stereocenters. The first-order chi connectivity index (χ1) is 5.57. The number of hydrazone groups is 1. The lowest BCUT2D eigenvalue weighted by Crippen LogP contribution is -2.33. The van der Waals surface area contributed by atoms with Crippen molar-refractivity contribution in [3.8, 4) is 0 Å². The Morgan fingerprint density at radius 2 is 2.08 bits per heavy atom. The molecule has 0 aromatic heterocycles. The van der Waals surface area contributed by atoms with Gasteiger partial charge in [0.1, 0.15) is 5.71 Å². The minimum atomic E-state index is -1.34. The molecule has 7 heteroatoms. The zero-order valence-electron chi connectivity index (χ0n) is 5.90.